The number of aliphatic hydroxyl groups excluding tert-OH is 8. The van der Waals surface area contributed by atoms with Crippen LogP contribution in [0, 0.1) is 0 Å². The summed E-state index contributed by atoms with van der Waals surface area (Å²) in [6, 6.07) is 0. The predicted molar refractivity (Wildman–Crippen MR) is 245 cm³/mol. The smallest absolute Gasteiger partial charge is 0.0319 e. The van der Waals surface area contributed by atoms with Gasteiger partial charge in [-0.2, -0.15) is 0 Å². The first kappa shape index (κ1) is 72.3. The second-order valence-corrected chi connectivity index (χ2v) is 13.8. The van der Waals surface area contributed by atoms with Gasteiger partial charge in [0, 0.05) is 56.9 Å². The molecule has 1 rings (SSSR count). The largest absolute Gasteiger partial charge is 0.400 e. The summed E-state index contributed by atoms with van der Waals surface area (Å²) in [4.78, 5) is 0. The first-order valence-electron chi connectivity index (χ1n) is 23.1. The fourth-order valence-corrected chi connectivity index (χ4v) is 6.89. The van der Waals surface area contributed by atoms with Gasteiger partial charge in [0.25, 0.3) is 0 Å². The molecule has 1 saturated carbocycles. The topological polar surface area (TPSA) is 162 Å². The second-order valence-electron chi connectivity index (χ2n) is 13.8. The van der Waals surface area contributed by atoms with E-state index in [1.54, 1.807) is 0 Å². The van der Waals surface area contributed by atoms with Crippen molar-refractivity contribution in [3.05, 3.63) is 0 Å². The van der Waals surface area contributed by atoms with Gasteiger partial charge in [0.2, 0.25) is 0 Å². The van der Waals surface area contributed by atoms with E-state index in [1.165, 1.54) is 250 Å². The molecule has 0 bridgehead atoms. The Morgan fingerprint density at radius 3 is 0.127 bits per heavy atom. The summed E-state index contributed by atoms with van der Waals surface area (Å²) in [5.41, 5.74) is 0. The molecule has 55 heavy (non-hydrogen) atoms. The van der Waals surface area contributed by atoms with Crippen LogP contribution in [-0.4, -0.2) is 97.7 Å². The van der Waals surface area contributed by atoms with Crippen LogP contribution in [0.1, 0.15) is 250 Å². The molecule has 0 atom stereocenters. The van der Waals surface area contributed by atoms with E-state index in [1.807, 2.05) is 0 Å². The van der Waals surface area contributed by atoms with Gasteiger partial charge in [-0.1, -0.05) is 250 Å². The molecule has 0 radical (unpaired) electrons. The maximum Gasteiger partial charge on any atom is 0.0319 e. The van der Waals surface area contributed by atoms with Gasteiger partial charge >= 0.3 is 0 Å². The van der Waals surface area contributed by atoms with Crippen molar-refractivity contribution in [1.29, 1.82) is 0 Å². The van der Waals surface area contributed by atoms with Gasteiger partial charge < -0.3 is 40.9 Å². The molecule has 346 valence electrons. The first-order valence-corrected chi connectivity index (χ1v) is 23.1. The SMILES string of the molecule is C1CCCCCCCCCCCCCCCCCCCCCCCCCCCCCCCCCCCCCC1.CO.CO.CO.CO.CO.CO.CO.CO. The zero-order chi connectivity index (χ0) is 43.6. The zero-order valence-corrected chi connectivity index (χ0v) is 39.2. The van der Waals surface area contributed by atoms with Gasteiger partial charge in [0.1, 0.15) is 0 Å². The second kappa shape index (κ2) is 99.6. The first-order chi connectivity index (χ1) is 27.5. The van der Waals surface area contributed by atoms with Crippen LogP contribution >= 0.6 is 0 Å². The molecule has 0 aromatic heterocycles. The van der Waals surface area contributed by atoms with Crippen LogP contribution in [0.2, 0.25) is 0 Å². The minimum absolute atomic E-state index is 1.00. The van der Waals surface area contributed by atoms with Crippen LogP contribution in [0.25, 0.3) is 0 Å². The van der Waals surface area contributed by atoms with Crippen LogP contribution in [0.5, 0.6) is 0 Å². The van der Waals surface area contributed by atoms with Crippen molar-refractivity contribution in [2.75, 3.05) is 56.9 Å². The Hall–Kier alpha value is -0.320. The average Bonchev–Trinajstić information content (AvgIpc) is 3.27. The molecule has 0 unspecified atom stereocenters. The molecule has 1 fully saturated rings. The van der Waals surface area contributed by atoms with Crippen molar-refractivity contribution in [2.45, 2.75) is 250 Å². The van der Waals surface area contributed by atoms with E-state index < -0.39 is 0 Å². The van der Waals surface area contributed by atoms with Gasteiger partial charge in [-0.3, -0.25) is 0 Å². The fraction of sp³-hybridized carbons (Fsp3) is 1.00. The summed E-state index contributed by atoms with van der Waals surface area (Å²) >= 11 is 0. The van der Waals surface area contributed by atoms with Crippen LogP contribution < -0.4 is 0 Å². The Labute approximate surface area is 347 Å². The van der Waals surface area contributed by atoms with E-state index in [4.69, 9.17) is 40.9 Å². The summed E-state index contributed by atoms with van der Waals surface area (Å²) in [6.45, 7) is 0. The number of hydrogen-bond donors (Lipinski definition) is 8. The van der Waals surface area contributed by atoms with Gasteiger partial charge in [0.05, 0.1) is 0 Å². The van der Waals surface area contributed by atoms with Crippen molar-refractivity contribution in [2.24, 2.45) is 0 Å². The minimum Gasteiger partial charge on any atom is -0.400 e. The highest BCUT2D eigenvalue weighted by Crippen LogP contribution is 2.18. The molecule has 0 amide bonds. The summed E-state index contributed by atoms with van der Waals surface area (Å²) in [5, 5.41) is 56.0. The molecule has 8 heteroatoms. The lowest BCUT2D eigenvalue weighted by Gasteiger charge is -2.05. The predicted octanol–water partition coefficient (Wildman–Crippen LogP) is 12.1. The highest BCUT2D eigenvalue weighted by Gasteiger charge is 1.98. The highest BCUT2D eigenvalue weighted by molar-refractivity contribution is 4.54. The molecule has 0 saturated heterocycles. The van der Waals surface area contributed by atoms with E-state index in [9.17, 15) is 0 Å². The monoisotopic (exact) mass is 803 g/mol. The molecule has 0 spiro atoms. The molecule has 1 aliphatic carbocycles. The Kier molecular flexibility index (Phi) is 131. The van der Waals surface area contributed by atoms with Gasteiger partial charge in [-0.25, -0.2) is 0 Å². The molecule has 0 aliphatic heterocycles. The maximum absolute atomic E-state index is 7.00. The summed E-state index contributed by atoms with van der Waals surface area (Å²) < 4.78 is 0. The van der Waals surface area contributed by atoms with Crippen molar-refractivity contribution in [3.8, 4) is 0 Å². The lowest BCUT2D eigenvalue weighted by atomic mass is 10.0. The lowest BCUT2D eigenvalue weighted by molar-refractivity contribution is 0.399. The van der Waals surface area contributed by atoms with E-state index in [-0.39, 0.29) is 0 Å². The third kappa shape index (κ3) is 95.8. The molecule has 0 aromatic rings. The number of aliphatic hydroxyl groups is 8. The number of hydrogen-bond acceptors (Lipinski definition) is 8. The Morgan fingerprint density at radius 1 is 0.0909 bits per heavy atom. The highest BCUT2D eigenvalue weighted by atomic mass is 16.2. The Morgan fingerprint density at radius 2 is 0.109 bits per heavy atom. The molecule has 0 aromatic carbocycles. The Balaban J connectivity index is -0.000000203. The molecule has 8 N–H and O–H groups in total. The third-order valence-electron chi connectivity index (χ3n) is 9.75. The van der Waals surface area contributed by atoms with Crippen molar-refractivity contribution in [1.82, 2.24) is 0 Å². The van der Waals surface area contributed by atoms with Crippen LogP contribution in [0.3, 0.4) is 0 Å². The molecule has 8 nitrogen and oxygen atoms in total. The minimum atomic E-state index is 1.00. The summed E-state index contributed by atoms with van der Waals surface area (Å²) in [5.74, 6) is 0. The van der Waals surface area contributed by atoms with E-state index in [0.717, 1.165) is 56.9 Å². The standard InChI is InChI=1S/C39H78.8CH4O/c1-2-4-6-8-10-12-14-16-18-20-22-24-26-28-30-32-34-36-38-39-37-35-33-31-29-27-25-23-21-19-17-15-13-11-9-7-5-3-1;8*1-2/h1-39H2;8*2H,1H3. The lowest BCUT2D eigenvalue weighted by Crippen LogP contribution is -1.85. The molecular weight excluding hydrogens is 693 g/mol. The van der Waals surface area contributed by atoms with Crippen LogP contribution in [0.15, 0.2) is 0 Å². The van der Waals surface area contributed by atoms with E-state index >= 15 is 0 Å². The molecular formula is C47H110O8. The fourth-order valence-electron chi connectivity index (χ4n) is 6.89. The van der Waals surface area contributed by atoms with Crippen molar-refractivity contribution >= 4 is 0 Å². The maximum atomic E-state index is 7.00. The summed E-state index contributed by atoms with van der Waals surface area (Å²) in [7, 11) is 8.00. The average molecular weight is 803 g/mol. The third-order valence-corrected chi connectivity index (χ3v) is 9.75. The van der Waals surface area contributed by atoms with Crippen LogP contribution in [-0.2, 0) is 0 Å². The van der Waals surface area contributed by atoms with Gasteiger partial charge in [-0.15, -0.1) is 0 Å². The quantitative estimate of drug-likeness (QED) is 0.120. The molecule has 1 aliphatic rings. The van der Waals surface area contributed by atoms with Crippen LogP contribution in [0.4, 0.5) is 0 Å². The summed E-state index contributed by atoms with van der Waals surface area (Å²) in [6.07, 6.45) is 58.5. The normalized spacial score (nSPS) is 17.9. The van der Waals surface area contributed by atoms with Gasteiger partial charge in [0.15, 0.2) is 0 Å². The van der Waals surface area contributed by atoms with Crippen molar-refractivity contribution < 1.29 is 40.9 Å². The Bertz CT molecular complexity index is 239. The van der Waals surface area contributed by atoms with Crippen molar-refractivity contribution in [3.63, 3.8) is 0 Å². The zero-order valence-electron chi connectivity index (χ0n) is 39.2. The van der Waals surface area contributed by atoms with Gasteiger partial charge in [-0.05, 0) is 0 Å². The number of rotatable bonds is 0. The molecule has 0 heterocycles. The van der Waals surface area contributed by atoms with E-state index in [0.29, 0.717) is 0 Å². The van der Waals surface area contributed by atoms with E-state index in [2.05, 4.69) is 0 Å².